The summed E-state index contributed by atoms with van der Waals surface area (Å²) in [7, 11) is 0. The third-order valence-corrected chi connectivity index (χ3v) is 4.10. The molecule has 1 heterocycles. The number of aromatic nitrogens is 2. The molecule has 106 valence electrons. The Morgan fingerprint density at radius 3 is 2.40 bits per heavy atom. The first-order valence-electron chi connectivity index (χ1n) is 7.03. The quantitative estimate of drug-likeness (QED) is 0.822. The molecule has 0 saturated heterocycles. The Hall–Kier alpha value is -1.94. The van der Waals surface area contributed by atoms with E-state index in [4.69, 9.17) is 5.73 Å². The number of nitrogens with two attached hydrogens (primary N) is 1. The van der Waals surface area contributed by atoms with Crippen molar-refractivity contribution in [1.82, 2.24) is 9.78 Å². The summed E-state index contributed by atoms with van der Waals surface area (Å²) >= 11 is 0. The molecule has 2 rings (SSSR count). The molecule has 0 aliphatic rings. The molecule has 20 heavy (non-hydrogen) atoms. The number of benzene rings is 1. The van der Waals surface area contributed by atoms with Crippen molar-refractivity contribution in [3.05, 3.63) is 48.3 Å². The molecular formula is C16H21N3O. The van der Waals surface area contributed by atoms with Crippen LogP contribution in [0.5, 0.6) is 0 Å². The third-order valence-electron chi connectivity index (χ3n) is 4.10. The molecule has 4 heteroatoms. The Balaban J connectivity index is 2.45. The van der Waals surface area contributed by atoms with Crippen LogP contribution in [0.3, 0.4) is 0 Å². The summed E-state index contributed by atoms with van der Waals surface area (Å²) in [6.45, 7) is 4.38. The van der Waals surface area contributed by atoms with Gasteiger partial charge in [0.2, 0.25) is 0 Å². The fourth-order valence-electron chi connectivity index (χ4n) is 2.47. The van der Waals surface area contributed by atoms with E-state index in [1.54, 1.807) is 16.9 Å². The highest BCUT2D eigenvalue weighted by atomic mass is 16.1. The summed E-state index contributed by atoms with van der Waals surface area (Å²) in [5, 5.41) is 4.28. The summed E-state index contributed by atoms with van der Waals surface area (Å²) in [4.78, 5) is 12.9. The summed E-state index contributed by atoms with van der Waals surface area (Å²) in [5.74, 6) is 0.0753. The van der Waals surface area contributed by atoms with Gasteiger partial charge in [0, 0.05) is 12.0 Å². The maximum atomic E-state index is 12.9. The zero-order chi connectivity index (χ0) is 14.6. The number of hydrogen-bond donors (Lipinski definition) is 1. The van der Waals surface area contributed by atoms with Crippen LogP contribution in [-0.2, 0) is 0 Å². The van der Waals surface area contributed by atoms with E-state index in [0.29, 0.717) is 12.2 Å². The van der Waals surface area contributed by atoms with Gasteiger partial charge >= 0.3 is 0 Å². The van der Waals surface area contributed by atoms with Crippen LogP contribution in [0.2, 0.25) is 0 Å². The second kappa shape index (κ2) is 6.01. The van der Waals surface area contributed by atoms with E-state index in [-0.39, 0.29) is 5.78 Å². The highest BCUT2D eigenvalue weighted by Gasteiger charge is 2.35. The standard InChI is InChI=1S/C16H21N3O/c1-3-16(4-2,12-17)15(20)14-10-11-18-19(14)13-8-6-5-7-9-13/h5-11H,3-4,12,17H2,1-2H3. The van der Waals surface area contributed by atoms with E-state index in [2.05, 4.69) is 5.10 Å². The van der Waals surface area contributed by atoms with Crippen molar-refractivity contribution < 1.29 is 4.79 Å². The highest BCUT2D eigenvalue weighted by molar-refractivity contribution is 5.99. The molecule has 1 aromatic heterocycles. The second-order valence-corrected chi connectivity index (χ2v) is 4.98. The number of carbonyl (C=O) groups is 1. The van der Waals surface area contributed by atoms with Crippen molar-refractivity contribution in [2.75, 3.05) is 6.54 Å². The fraction of sp³-hybridized carbons (Fsp3) is 0.375. The molecule has 0 aliphatic carbocycles. The first-order chi connectivity index (χ1) is 9.68. The van der Waals surface area contributed by atoms with E-state index in [0.717, 1.165) is 18.5 Å². The number of ketones is 1. The van der Waals surface area contributed by atoms with Crippen LogP contribution in [-0.4, -0.2) is 22.1 Å². The molecular weight excluding hydrogens is 250 g/mol. The van der Waals surface area contributed by atoms with Gasteiger partial charge in [-0.2, -0.15) is 5.10 Å². The van der Waals surface area contributed by atoms with Crippen molar-refractivity contribution in [2.45, 2.75) is 26.7 Å². The van der Waals surface area contributed by atoms with Crippen molar-refractivity contribution in [1.29, 1.82) is 0 Å². The maximum Gasteiger partial charge on any atom is 0.188 e. The van der Waals surface area contributed by atoms with Gasteiger partial charge in [0.05, 0.1) is 11.9 Å². The van der Waals surface area contributed by atoms with Gasteiger partial charge < -0.3 is 5.73 Å². The number of nitrogens with zero attached hydrogens (tertiary/aromatic N) is 2. The zero-order valence-corrected chi connectivity index (χ0v) is 12.0. The van der Waals surface area contributed by atoms with Crippen LogP contribution in [0.1, 0.15) is 37.2 Å². The number of Topliss-reactive ketones (excluding diaryl/α,β-unsaturated/α-hetero) is 1. The topological polar surface area (TPSA) is 60.9 Å². The SMILES string of the molecule is CCC(CC)(CN)C(=O)c1ccnn1-c1ccccc1. The molecule has 0 aliphatic heterocycles. The average Bonchev–Trinajstić information content (AvgIpc) is 2.99. The summed E-state index contributed by atoms with van der Waals surface area (Å²) in [5.41, 5.74) is 6.87. The number of hydrogen-bond acceptors (Lipinski definition) is 3. The molecule has 0 unspecified atom stereocenters. The average molecular weight is 271 g/mol. The van der Waals surface area contributed by atoms with Crippen LogP contribution in [0.25, 0.3) is 5.69 Å². The molecule has 2 N–H and O–H groups in total. The smallest absolute Gasteiger partial charge is 0.188 e. The summed E-state index contributed by atoms with van der Waals surface area (Å²) < 4.78 is 1.69. The lowest BCUT2D eigenvalue weighted by Gasteiger charge is -2.28. The van der Waals surface area contributed by atoms with Crippen LogP contribution < -0.4 is 5.73 Å². The van der Waals surface area contributed by atoms with E-state index >= 15 is 0 Å². The van der Waals surface area contributed by atoms with Crippen LogP contribution >= 0.6 is 0 Å². The zero-order valence-electron chi connectivity index (χ0n) is 12.0. The van der Waals surface area contributed by atoms with Crippen molar-refractivity contribution in [2.24, 2.45) is 11.1 Å². The van der Waals surface area contributed by atoms with Gasteiger partial charge in [0.1, 0.15) is 5.69 Å². The monoisotopic (exact) mass is 271 g/mol. The molecule has 0 bridgehead atoms. The number of rotatable bonds is 6. The highest BCUT2D eigenvalue weighted by Crippen LogP contribution is 2.30. The lowest BCUT2D eigenvalue weighted by atomic mass is 9.77. The molecule has 0 saturated carbocycles. The molecule has 2 aromatic rings. The fourth-order valence-corrected chi connectivity index (χ4v) is 2.47. The van der Waals surface area contributed by atoms with Gasteiger partial charge in [-0.05, 0) is 31.0 Å². The Morgan fingerprint density at radius 1 is 1.20 bits per heavy atom. The molecule has 0 atom stereocenters. The third kappa shape index (κ3) is 2.39. The van der Waals surface area contributed by atoms with Gasteiger partial charge in [-0.1, -0.05) is 32.0 Å². The predicted molar refractivity (Wildman–Crippen MR) is 80.0 cm³/mol. The Bertz CT molecular complexity index is 562. The van der Waals surface area contributed by atoms with Crippen LogP contribution in [0.15, 0.2) is 42.6 Å². The molecule has 0 amide bonds. The Kier molecular flexibility index (Phi) is 4.35. The molecule has 0 spiro atoms. The molecule has 1 aromatic carbocycles. The van der Waals surface area contributed by atoms with Gasteiger partial charge in [0.25, 0.3) is 0 Å². The van der Waals surface area contributed by atoms with Gasteiger partial charge in [-0.3, -0.25) is 4.79 Å². The molecule has 0 fully saturated rings. The maximum absolute atomic E-state index is 12.9. The molecule has 0 radical (unpaired) electrons. The second-order valence-electron chi connectivity index (χ2n) is 4.98. The van der Waals surface area contributed by atoms with Crippen molar-refractivity contribution >= 4 is 5.78 Å². The summed E-state index contributed by atoms with van der Waals surface area (Å²) in [6, 6.07) is 11.4. The first kappa shape index (κ1) is 14.5. The Labute approximate surface area is 119 Å². The van der Waals surface area contributed by atoms with Crippen molar-refractivity contribution in [3.8, 4) is 5.69 Å². The predicted octanol–water partition coefficient (Wildman–Crippen LogP) is 2.82. The van der Waals surface area contributed by atoms with Crippen LogP contribution in [0.4, 0.5) is 0 Å². The van der Waals surface area contributed by atoms with Gasteiger partial charge in [-0.25, -0.2) is 4.68 Å². The van der Waals surface area contributed by atoms with Gasteiger partial charge in [-0.15, -0.1) is 0 Å². The molecule has 4 nitrogen and oxygen atoms in total. The summed E-state index contributed by atoms with van der Waals surface area (Å²) in [6.07, 6.45) is 3.13. The van der Waals surface area contributed by atoms with Crippen molar-refractivity contribution in [3.63, 3.8) is 0 Å². The Morgan fingerprint density at radius 2 is 1.85 bits per heavy atom. The van der Waals surface area contributed by atoms with Crippen LogP contribution in [0, 0.1) is 5.41 Å². The first-order valence-corrected chi connectivity index (χ1v) is 7.03. The lowest BCUT2D eigenvalue weighted by Crippen LogP contribution is -2.38. The lowest BCUT2D eigenvalue weighted by molar-refractivity contribution is 0.0778. The van der Waals surface area contributed by atoms with Gasteiger partial charge in [0.15, 0.2) is 5.78 Å². The van der Waals surface area contributed by atoms with E-state index < -0.39 is 5.41 Å². The number of carbonyl (C=O) groups excluding carboxylic acids is 1. The normalized spacial score (nSPS) is 11.6. The van der Waals surface area contributed by atoms with E-state index in [1.165, 1.54) is 0 Å². The minimum absolute atomic E-state index is 0.0753. The minimum atomic E-state index is -0.493. The number of para-hydroxylation sites is 1. The largest absolute Gasteiger partial charge is 0.329 e. The minimum Gasteiger partial charge on any atom is -0.329 e. The van der Waals surface area contributed by atoms with E-state index in [9.17, 15) is 4.79 Å². The van der Waals surface area contributed by atoms with E-state index in [1.807, 2.05) is 44.2 Å².